The second kappa shape index (κ2) is 9.67. The Morgan fingerprint density at radius 3 is 1.89 bits per heavy atom. The largest absolute Gasteiger partial charge is 0.492 e. The second-order valence-electron chi connectivity index (χ2n) is 6.61. The average molecular weight is 402 g/mol. The minimum Gasteiger partial charge on any atom is -0.492 e. The Morgan fingerprint density at radius 2 is 1.39 bits per heavy atom. The van der Waals surface area contributed by atoms with E-state index in [1.54, 1.807) is 12.1 Å². The van der Waals surface area contributed by atoms with Crippen molar-refractivity contribution < 1.29 is 13.5 Å². The minimum atomic E-state index is -0.321. The number of hydrogen-bond donors (Lipinski definition) is 1. The molecule has 2 N–H and O–H groups in total. The molecule has 0 saturated heterocycles. The molecular formula is C23H22ClF2NO. The molecule has 0 aromatic heterocycles. The molecule has 0 aliphatic carbocycles. The van der Waals surface area contributed by atoms with Crippen LogP contribution in [-0.2, 0) is 0 Å². The molecule has 0 radical (unpaired) electrons. The molecule has 28 heavy (non-hydrogen) atoms. The van der Waals surface area contributed by atoms with Crippen LogP contribution >= 0.6 is 11.6 Å². The molecule has 0 aliphatic heterocycles. The first-order valence-corrected chi connectivity index (χ1v) is 9.62. The number of nitrogens with two attached hydrogens (primary N) is 1. The van der Waals surface area contributed by atoms with E-state index in [0.717, 1.165) is 24.0 Å². The van der Waals surface area contributed by atoms with Gasteiger partial charge >= 0.3 is 0 Å². The number of ether oxygens (including phenoxy) is 1. The van der Waals surface area contributed by atoms with Gasteiger partial charge in [0.05, 0.1) is 5.38 Å². The van der Waals surface area contributed by atoms with Gasteiger partial charge in [-0.15, -0.1) is 11.6 Å². The van der Waals surface area contributed by atoms with Crippen LogP contribution in [0.2, 0.25) is 0 Å². The topological polar surface area (TPSA) is 35.2 Å². The van der Waals surface area contributed by atoms with Crippen molar-refractivity contribution in [1.82, 2.24) is 0 Å². The fourth-order valence-electron chi connectivity index (χ4n) is 2.96. The predicted octanol–water partition coefficient (Wildman–Crippen LogP) is 6.02. The summed E-state index contributed by atoms with van der Waals surface area (Å²) in [7, 11) is 0. The van der Waals surface area contributed by atoms with Crippen LogP contribution in [0.5, 0.6) is 5.75 Å². The number of alkyl halides is 1. The summed E-state index contributed by atoms with van der Waals surface area (Å²) in [6, 6.07) is 18.2. The van der Waals surface area contributed by atoms with Crippen molar-refractivity contribution in [1.29, 1.82) is 0 Å². The van der Waals surface area contributed by atoms with Crippen LogP contribution in [0.1, 0.15) is 12.8 Å². The summed E-state index contributed by atoms with van der Waals surface area (Å²) in [6.07, 6.45) is 1.59. The average Bonchev–Trinajstić information content (AvgIpc) is 2.70. The smallest absolute Gasteiger partial charge is 0.123 e. The van der Waals surface area contributed by atoms with Crippen LogP contribution in [0.4, 0.5) is 8.78 Å². The molecular weight excluding hydrogens is 380 g/mol. The van der Waals surface area contributed by atoms with Gasteiger partial charge in [-0.1, -0.05) is 24.3 Å². The van der Waals surface area contributed by atoms with E-state index in [2.05, 4.69) is 0 Å². The molecule has 3 aromatic carbocycles. The lowest BCUT2D eigenvalue weighted by Gasteiger charge is -2.14. The third-order valence-electron chi connectivity index (χ3n) is 4.37. The first-order valence-electron chi connectivity index (χ1n) is 9.19. The zero-order valence-electron chi connectivity index (χ0n) is 15.4. The third kappa shape index (κ3) is 5.54. The number of halogens is 3. The molecule has 5 heteroatoms. The van der Waals surface area contributed by atoms with Gasteiger partial charge in [0.1, 0.15) is 24.0 Å². The molecule has 0 aliphatic rings. The second-order valence-corrected chi connectivity index (χ2v) is 7.22. The summed E-state index contributed by atoms with van der Waals surface area (Å²) in [5, 5.41) is -0.154. The van der Waals surface area contributed by atoms with E-state index >= 15 is 0 Å². The first kappa shape index (κ1) is 20.3. The van der Waals surface area contributed by atoms with E-state index in [4.69, 9.17) is 22.1 Å². The van der Waals surface area contributed by atoms with Gasteiger partial charge in [-0.2, -0.15) is 0 Å². The minimum absolute atomic E-state index is 0.154. The highest BCUT2D eigenvalue weighted by atomic mass is 35.5. The van der Waals surface area contributed by atoms with Gasteiger partial charge in [0.15, 0.2) is 0 Å². The van der Waals surface area contributed by atoms with Gasteiger partial charge in [0.25, 0.3) is 0 Å². The normalized spacial score (nSPS) is 12.0. The first-order chi connectivity index (χ1) is 13.5. The van der Waals surface area contributed by atoms with E-state index in [1.807, 2.05) is 30.3 Å². The molecule has 0 bridgehead atoms. The molecule has 0 heterocycles. The van der Waals surface area contributed by atoms with Crippen LogP contribution in [0, 0.1) is 11.6 Å². The van der Waals surface area contributed by atoms with Crippen LogP contribution in [-0.4, -0.2) is 18.5 Å². The summed E-state index contributed by atoms with van der Waals surface area (Å²) in [4.78, 5) is 0. The molecule has 146 valence electrons. The van der Waals surface area contributed by atoms with Crippen molar-refractivity contribution in [2.75, 3.05) is 13.2 Å². The Balaban J connectivity index is 1.94. The Bertz CT molecular complexity index is 868. The molecule has 2 nitrogen and oxygen atoms in total. The van der Waals surface area contributed by atoms with Gasteiger partial charge in [0, 0.05) is 0 Å². The third-order valence-corrected chi connectivity index (χ3v) is 4.72. The lowest BCUT2D eigenvalue weighted by Crippen LogP contribution is -2.13. The lowest BCUT2D eigenvalue weighted by atomic mass is 9.98. The zero-order chi connectivity index (χ0) is 19.9. The SMILES string of the molecule is NCCC[C@@H](Cl)COc1cc(-c2cccc(F)c2)cc(-c2cccc(F)c2)c1. The monoisotopic (exact) mass is 401 g/mol. The summed E-state index contributed by atoms with van der Waals surface area (Å²) >= 11 is 6.28. The van der Waals surface area contributed by atoms with Crippen molar-refractivity contribution in [3.63, 3.8) is 0 Å². The Kier molecular flexibility index (Phi) is 7.01. The van der Waals surface area contributed by atoms with Crippen LogP contribution < -0.4 is 10.5 Å². The quantitative estimate of drug-likeness (QED) is 0.468. The van der Waals surface area contributed by atoms with E-state index in [-0.39, 0.29) is 17.0 Å². The molecule has 0 fully saturated rings. The van der Waals surface area contributed by atoms with Crippen molar-refractivity contribution in [2.45, 2.75) is 18.2 Å². The van der Waals surface area contributed by atoms with Crippen LogP contribution in [0.3, 0.4) is 0 Å². The molecule has 3 rings (SSSR count). The molecule has 0 amide bonds. The highest BCUT2D eigenvalue weighted by molar-refractivity contribution is 6.20. The van der Waals surface area contributed by atoms with Crippen molar-refractivity contribution >= 4 is 11.6 Å². The maximum absolute atomic E-state index is 13.7. The summed E-state index contributed by atoms with van der Waals surface area (Å²) in [6.45, 7) is 0.915. The Morgan fingerprint density at radius 1 is 0.821 bits per heavy atom. The van der Waals surface area contributed by atoms with Gasteiger partial charge in [0.2, 0.25) is 0 Å². The number of hydrogen-bond acceptors (Lipinski definition) is 2. The van der Waals surface area contributed by atoms with Gasteiger partial charge < -0.3 is 10.5 Å². The maximum Gasteiger partial charge on any atom is 0.123 e. The van der Waals surface area contributed by atoms with Crippen molar-refractivity contribution in [2.24, 2.45) is 5.73 Å². The molecule has 0 unspecified atom stereocenters. The molecule has 1 atom stereocenters. The van der Waals surface area contributed by atoms with E-state index in [9.17, 15) is 8.78 Å². The fraction of sp³-hybridized carbons (Fsp3) is 0.217. The molecule has 0 spiro atoms. The van der Waals surface area contributed by atoms with E-state index in [0.29, 0.717) is 30.0 Å². The predicted molar refractivity (Wildman–Crippen MR) is 111 cm³/mol. The highest BCUT2D eigenvalue weighted by Gasteiger charge is 2.10. The summed E-state index contributed by atoms with van der Waals surface area (Å²) in [5.41, 5.74) is 8.51. The van der Waals surface area contributed by atoms with Crippen LogP contribution in [0.15, 0.2) is 66.7 Å². The Labute approximate surface area is 168 Å². The number of rotatable bonds is 8. The van der Waals surface area contributed by atoms with Crippen LogP contribution in [0.25, 0.3) is 22.3 Å². The van der Waals surface area contributed by atoms with Gasteiger partial charge in [-0.3, -0.25) is 0 Å². The van der Waals surface area contributed by atoms with Gasteiger partial charge in [-0.05, 0) is 84.1 Å². The summed E-state index contributed by atoms with van der Waals surface area (Å²) in [5.74, 6) is -0.0445. The molecule has 3 aromatic rings. The molecule has 0 saturated carbocycles. The number of benzene rings is 3. The van der Waals surface area contributed by atoms with E-state index < -0.39 is 0 Å². The van der Waals surface area contributed by atoms with E-state index in [1.165, 1.54) is 24.3 Å². The van der Waals surface area contributed by atoms with Crippen molar-refractivity contribution in [3.05, 3.63) is 78.4 Å². The van der Waals surface area contributed by atoms with Crippen molar-refractivity contribution in [3.8, 4) is 28.0 Å². The highest BCUT2D eigenvalue weighted by Crippen LogP contribution is 2.32. The lowest BCUT2D eigenvalue weighted by molar-refractivity contribution is 0.309. The van der Waals surface area contributed by atoms with Gasteiger partial charge in [-0.25, -0.2) is 8.78 Å². The Hall–Kier alpha value is -2.43. The summed E-state index contributed by atoms with van der Waals surface area (Å²) < 4.78 is 33.3. The fourth-order valence-corrected chi connectivity index (χ4v) is 3.18. The standard InChI is InChI=1S/C23H22ClF2NO/c24-20(6-3-9-27)15-28-23-13-18(16-4-1-7-21(25)11-16)10-19(14-23)17-5-2-8-22(26)12-17/h1-2,4-5,7-8,10-14,20H,3,6,9,15,27H2/t20-/m1/s1. The zero-order valence-corrected chi connectivity index (χ0v) is 16.1. The maximum atomic E-state index is 13.7.